The fourth-order valence-electron chi connectivity index (χ4n) is 4.55. The summed E-state index contributed by atoms with van der Waals surface area (Å²) in [6.07, 6.45) is 2.40. The van der Waals surface area contributed by atoms with Gasteiger partial charge in [0.1, 0.15) is 0 Å². The lowest BCUT2D eigenvalue weighted by Crippen LogP contribution is -2.42. The van der Waals surface area contributed by atoms with E-state index in [4.69, 9.17) is 0 Å². The van der Waals surface area contributed by atoms with Crippen molar-refractivity contribution in [3.05, 3.63) is 108 Å². The normalized spacial score (nSPS) is 25.0. The Labute approximate surface area is 159 Å². The molecule has 1 heterocycles. The van der Waals surface area contributed by atoms with Crippen molar-refractivity contribution in [2.24, 2.45) is 0 Å². The van der Waals surface area contributed by atoms with Crippen molar-refractivity contribution in [3.8, 4) is 0 Å². The molecule has 1 saturated heterocycles. The van der Waals surface area contributed by atoms with Crippen LogP contribution in [0.25, 0.3) is 0 Å². The van der Waals surface area contributed by atoms with Crippen LogP contribution in [0.4, 0.5) is 0 Å². The van der Waals surface area contributed by atoms with Crippen molar-refractivity contribution in [1.29, 1.82) is 0 Å². The van der Waals surface area contributed by atoms with E-state index < -0.39 is 0 Å². The molecule has 4 rings (SSSR count). The number of hydrogen-bond acceptors (Lipinski definition) is 0. The smallest absolute Gasteiger partial charge is 0.0361 e. The Morgan fingerprint density at radius 2 is 1.08 bits per heavy atom. The van der Waals surface area contributed by atoms with E-state index in [1.165, 1.54) is 29.3 Å². The zero-order valence-electron chi connectivity index (χ0n) is 14.4. The molecule has 0 spiro atoms. The second-order valence-electron chi connectivity index (χ2n) is 6.91. The van der Waals surface area contributed by atoms with Gasteiger partial charge in [-0.2, -0.15) is 0 Å². The molecule has 2 atom stereocenters. The van der Waals surface area contributed by atoms with Gasteiger partial charge in [0.25, 0.3) is 0 Å². The highest BCUT2D eigenvalue weighted by molar-refractivity contribution is 9.39. The third-order valence-corrected chi connectivity index (χ3v) is 11.3. The highest BCUT2D eigenvalue weighted by atomic mass is 79.9. The largest absolute Gasteiger partial charge is 0.0622 e. The van der Waals surface area contributed by atoms with Gasteiger partial charge in [-0.05, 0) is 42.8 Å². The standard InChI is InChI=1S/C23H22BrP/c1-22(19-11-5-2-6-12-19)23(17-18-25(22)24,20-13-7-3-8-14-20)21-15-9-4-10-16-21/h2-16H,17-18H2,1H3. The topological polar surface area (TPSA) is 0 Å². The highest BCUT2D eigenvalue weighted by Gasteiger charge is 2.59. The molecule has 2 heteroatoms. The number of halogens is 1. The molecule has 3 aromatic carbocycles. The maximum atomic E-state index is 4.13. The van der Waals surface area contributed by atoms with Gasteiger partial charge in [-0.1, -0.05) is 106 Å². The van der Waals surface area contributed by atoms with Gasteiger partial charge in [-0.15, -0.1) is 0 Å². The highest BCUT2D eigenvalue weighted by Crippen LogP contribution is 2.76. The summed E-state index contributed by atoms with van der Waals surface area (Å²) in [5, 5.41) is 0.0479. The van der Waals surface area contributed by atoms with E-state index in [0.29, 0.717) is 0 Å². The first-order chi connectivity index (χ1) is 12.2. The van der Waals surface area contributed by atoms with Crippen LogP contribution in [0.1, 0.15) is 30.0 Å². The van der Waals surface area contributed by atoms with E-state index >= 15 is 0 Å². The lowest BCUT2D eigenvalue weighted by atomic mass is 9.62. The fourth-order valence-corrected chi connectivity index (χ4v) is 8.80. The Morgan fingerprint density at radius 3 is 1.52 bits per heavy atom. The summed E-state index contributed by atoms with van der Waals surface area (Å²) in [7, 11) is 0. The van der Waals surface area contributed by atoms with Gasteiger partial charge in [0.2, 0.25) is 0 Å². The van der Waals surface area contributed by atoms with Crippen LogP contribution in [-0.2, 0) is 10.6 Å². The lowest BCUT2D eigenvalue weighted by Gasteiger charge is -2.47. The van der Waals surface area contributed by atoms with Gasteiger partial charge in [0, 0.05) is 10.6 Å². The van der Waals surface area contributed by atoms with E-state index in [9.17, 15) is 0 Å². The summed E-state index contributed by atoms with van der Waals surface area (Å²) in [5.74, 6) is 0. The second-order valence-corrected chi connectivity index (χ2v) is 11.5. The van der Waals surface area contributed by atoms with E-state index in [1.807, 2.05) is 0 Å². The third-order valence-electron chi connectivity index (χ3n) is 5.87. The first-order valence-corrected chi connectivity index (χ1v) is 12.3. The average Bonchev–Trinajstić information content (AvgIpc) is 2.97. The summed E-state index contributed by atoms with van der Waals surface area (Å²) < 4.78 is 0. The maximum absolute atomic E-state index is 4.13. The quantitative estimate of drug-likeness (QED) is 0.406. The van der Waals surface area contributed by atoms with E-state index in [2.05, 4.69) is 113 Å². The minimum atomic E-state index is -0.309. The van der Waals surface area contributed by atoms with Crippen LogP contribution in [-0.4, -0.2) is 6.16 Å². The molecule has 25 heavy (non-hydrogen) atoms. The first kappa shape index (κ1) is 17.0. The minimum absolute atomic E-state index is 0.00786. The zero-order valence-corrected chi connectivity index (χ0v) is 16.9. The van der Waals surface area contributed by atoms with Gasteiger partial charge >= 0.3 is 0 Å². The number of benzene rings is 3. The van der Waals surface area contributed by atoms with Crippen LogP contribution >= 0.6 is 22.1 Å². The van der Waals surface area contributed by atoms with E-state index in [-0.39, 0.29) is 17.2 Å². The van der Waals surface area contributed by atoms with Gasteiger partial charge in [0.15, 0.2) is 0 Å². The monoisotopic (exact) mass is 408 g/mol. The summed E-state index contributed by atoms with van der Waals surface area (Å²) in [6, 6.07) is 33.3. The molecule has 126 valence electrons. The molecule has 1 aliphatic heterocycles. The van der Waals surface area contributed by atoms with Crippen molar-refractivity contribution in [1.82, 2.24) is 0 Å². The lowest BCUT2D eigenvalue weighted by molar-refractivity contribution is 0.403. The molecule has 0 bridgehead atoms. The molecule has 0 aromatic heterocycles. The predicted octanol–water partition coefficient (Wildman–Crippen LogP) is 7.08. The molecule has 0 radical (unpaired) electrons. The van der Waals surface area contributed by atoms with Crippen molar-refractivity contribution in [3.63, 3.8) is 0 Å². The van der Waals surface area contributed by atoms with Crippen molar-refractivity contribution < 1.29 is 0 Å². The first-order valence-electron chi connectivity index (χ1n) is 8.79. The van der Waals surface area contributed by atoms with Crippen LogP contribution in [0.2, 0.25) is 0 Å². The van der Waals surface area contributed by atoms with Crippen molar-refractivity contribution in [2.75, 3.05) is 6.16 Å². The average molecular weight is 409 g/mol. The summed E-state index contributed by atoms with van der Waals surface area (Å²) >= 11 is 4.13. The van der Waals surface area contributed by atoms with Crippen LogP contribution < -0.4 is 0 Å². The van der Waals surface area contributed by atoms with E-state index in [1.54, 1.807) is 0 Å². The van der Waals surface area contributed by atoms with Crippen LogP contribution in [0.3, 0.4) is 0 Å². The van der Waals surface area contributed by atoms with Crippen LogP contribution in [0.5, 0.6) is 0 Å². The molecule has 1 aliphatic rings. The van der Waals surface area contributed by atoms with Crippen molar-refractivity contribution in [2.45, 2.75) is 23.9 Å². The van der Waals surface area contributed by atoms with Crippen LogP contribution in [0.15, 0.2) is 91.0 Å². The van der Waals surface area contributed by atoms with Crippen LogP contribution in [0, 0.1) is 0 Å². The number of rotatable bonds is 3. The molecule has 0 nitrogen and oxygen atoms in total. The van der Waals surface area contributed by atoms with Gasteiger partial charge < -0.3 is 0 Å². The van der Waals surface area contributed by atoms with Gasteiger partial charge in [-0.3, -0.25) is 0 Å². The SMILES string of the molecule is CC1(c2ccccc2)P(Br)CCC1(c1ccccc1)c1ccccc1. The Kier molecular flexibility index (Phi) is 4.56. The molecule has 0 aliphatic carbocycles. The molecule has 3 aromatic rings. The van der Waals surface area contributed by atoms with Crippen molar-refractivity contribution >= 4 is 22.1 Å². The molecule has 1 fully saturated rings. The molecule has 0 N–H and O–H groups in total. The summed E-state index contributed by atoms with van der Waals surface area (Å²) in [5.41, 5.74) is 4.28. The maximum Gasteiger partial charge on any atom is 0.0361 e. The molecular weight excluding hydrogens is 387 g/mol. The Bertz CT molecular complexity index is 792. The Balaban J connectivity index is 2.04. The molecule has 0 amide bonds. The number of hydrogen-bond donors (Lipinski definition) is 0. The zero-order chi connectivity index (χ0) is 17.3. The third kappa shape index (κ3) is 2.52. The van der Waals surface area contributed by atoms with Gasteiger partial charge in [-0.25, -0.2) is 0 Å². The summed E-state index contributed by atoms with van der Waals surface area (Å²) in [6.45, 7) is 2.16. The predicted molar refractivity (Wildman–Crippen MR) is 113 cm³/mol. The Morgan fingerprint density at radius 1 is 0.680 bits per heavy atom. The van der Waals surface area contributed by atoms with Gasteiger partial charge in [0.05, 0.1) is 0 Å². The Hall–Kier alpha value is -1.43. The minimum Gasteiger partial charge on any atom is -0.0622 e. The van der Waals surface area contributed by atoms with E-state index in [0.717, 1.165) is 0 Å². The molecule has 2 unspecified atom stereocenters. The second kappa shape index (κ2) is 6.71. The molecular formula is C23H22BrP. The fraction of sp³-hybridized carbons (Fsp3) is 0.217. The summed E-state index contributed by atoms with van der Waals surface area (Å²) in [4.78, 5) is 0. The molecule has 0 saturated carbocycles.